The molecule has 0 aromatic heterocycles. The van der Waals surface area contributed by atoms with Crippen molar-refractivity contribution in [1.29, 1.82) is 0 Å². The Morgan fingerprint density at radius 3 is 3.07 bits per heavy atom. The number of hydrogen-bond donors (Lipinski definition) is 2. The summed E-state index contributed by atoms with van der Waals surface area (Å²) in [5.74, 6) is 1.62. The fraction of sp³-hybridized carbons (Fsp3) is 0.304. The SMILES string of the molecule is C=C/C=C(/NCC1=CC2=C(CC1)OCO2)C1SC(c2cccc(OC)c2F)=CC1N. The van der Waals surface area contributed by atoms with E-state index in [0.717, 1.165) is 35.0 Å². The van der Waals surface area contributed by atoms with Crippen LogP contribution in [0, 0.1) is 5.82 Å². The van der Waals surface area contributed by atoms with Crippen molar-refractivity contribution in [3.8, 4) is 5.75 Å². The number of benzene rings is 1. The normalized spacial score (nSPS) is 23.2. The second-order valence-corrected chi connectivity index (χ2v) is 8.36. The molecule has 2 heterocycles. The number of ether oxygens (including phenoxy) is 3. The number of nitrogens with two attached hydrogens (primary N) is 1. The van der Waals surface area contributed by atoms with Crippen LogP contribution in [0.25, 0.3) is 4.91 Å². The Morgan fingerprint density at radius 1 is 1.40 bits per heavy atom. The first-order chi connectivity index (χ1) is 14.6. The maximum absolute atomic E-state index is 14.7. The van der Waals surface area contributed by atoms with E-state index in [1.54, 1.807) is 36.0 Å². The summed E-state index contributed by atoms with van der Waals surface area (Å²) >= 11 is 1.54. The molecule has 1 aromatic rings. The van der Waals surface area contributed by atoms with Crippen LogP contribution in [0.1, 0.15) is 18.4 Å². The first kappa shape index (κ1) is 20.6. The summed E-state index contributed by atoms with van der Waals surface area (Å²) in [6.07, 6.45) is 9.39. The highest BCUT2D eigenvalue weighted by molar-refractivity contribution is 8.09. The minimum Gasteiger partial charge on any atom is -0.494 e. The zero-order valence-electron chi connectivity index (χ0n) is 16.8. The number of allylic oxidation sites excluding steroid dienone is 4. The topological polar surface area (TPSA) is 65.7 Å². The number of hydrogen-bond acceptors (Lipinski definition) is 6. The van der Waals surface area contributed by atoms with Gasteiger partial charge in [-0.15, -0.1) is 11.8 Å². The van der Waals surface area contributed by atoms with Crippen LogP contribution in [0.4, 0.5) is 4.39 Å². The summed E-state index contributed by atoms with van der Waals surface area (Å²) in [6, 6.07) is 4.89. The predicted molar refractivity (Wildman–Crippen MR) is 118 cm³/mol. The number of nitrogens with one attached hydrogen (secondary N) is 1. The Hall–Kier alpha value is -2.64. The Balaban J connectivity index is 1.47. The lowest BCUT2D eigenvalue weighted by Gasteiger charge is -2.22. The molecule has 1 aromatic carbocycles. The van der Waals surface area contributed by atoms with E-state index in [2.05, 4.69) is 11.9 Å². The van der Waals surface area contributed by atoms with Crippen molar-refractivity contribution in [3.63, 3.8) is 0 Å². The minimum absolute atomic E-state index is 0.0615. The van der Waals surface area contributed by atoms with Crippen molar-refractivity contribution in [2.75, 3.05) is 20.4 Å². The number of thioether (sulfide) groups is 1. The zero-order chi connectivity index (χ0) is 21.1. The van der Waals surface area contributed by atoms with E-state index >= 15 is 0 Å². The van der Waals surface area contributed by atoms with Crippen molar-refractivity contribution in [2.24, 2.45) is 5.73 Å². The highest BCUT2D eigenvalue weighted by atomic mass is 32.2. The summed E-state index contributed by atoms with van der Waals surface area (Å²) in [5.41, 5.74) is 9.11. The van der Waals surface area contributed by atoms with Gasteiger partial charge in [-0.05, 0) is 30.2 Å². The molecule has 1 aliphatic carbocycles. The van der Waals surface area contributed by atoms with Gasteiger partial charge in [-0.25, -0.2) is 4.39 Å². The van der Waals surface area contributed by atoms with Crippen LogP contribution in [0.15, 0.2) is 71.9 Å². The summed E-state index contributed by atoms with van der Waals surface area (Å²) in [6.45, 7) is 4.80. The Labute approximate surface area is 180 Å². The predicted octanol–water partition coefficient (Wildman–Crippen LogP) is 4.21. The van der Waals surface area contributed by atoms with Gasteiger partial charge >= 0.3 is 0 Å². The lowest BCUT2D eigenvalue weighted by Crippen LogP contribution is -2.35. The van der Waals surface area contributed by atoms with Gasteiger partial charge in [0.05, 0.1) is 12.4 Å². The highest BCUT2D eigenvalue weighted by Gasteiger charge is 2.31. The number of halogens is 1. The van der Waals surface area contributed by atoms with Gasteiger partial charge in [0.15, 0.2) is 17.3 Å². The molecule has 3 N–H and O–H groups in total. The molecule has 2 unspecified atom stereocenters. The van der Waals surface area contributed by atoms with Crippen LogP contribution < -0.4 is 15.8 Å². The van der Waals surface area contributed by atoms with Crippen molar-refractivity contribution in [1.82, 2.24) is 5.32 Å². The van der Waals surface area contributed by atoms with E-state index in [1.807, 2.05) is 18.2 Å². The number of rotatable bonds is 7. The first-order valence-electron chi connectivity index (χ1n) is 9.82. The van der Waals surface area contributed by atoms with Gasteiger partial charge in [-0.2, -0.15) is 0 Å². The molecule has 2 atom stereocenters. The first-order valence-corrected chi connectivity index (χ1v) is 10.7. The van der Waals surface area contributed by atoms with Gasteiger partial charge in [0, 0.05) is 35.2 Å². The quantitative estimate of drug-likeness (QED) is 0.634. The van der Waals surface area contributed by atoms with Gasteiger partial charge in [0.25, 0.3) is 0 Å². The molecule has 0 saturated heterocycles. The van der Waals surface area contributed by atoms with E-state index in [0.29, 0.717) is 18.9 Å². The molecular formula is C23H25FN2O3S. The third-order valence-corrected chi connectivity index (χ3v) is 6.68. The van der Waals surface area contributed by atoms with Crippen LogP contribution in [0.3, 0.4) is 0 Å². The smallest absolute Gasteiger partial charge is 0.230 e. The van der Waals surface area contributed by atoms with Crippen molar-refractivity contribution >= 4 is 16.7 Å². The second kappa shape index (κ2) is 9.02. The molecule has 7 heteroatoms. The lowest BCUT2D eigenvalue weighted by molar-refractivity contribution is 0.0729. The highest BCUT2D eigenvalue weighted by Crippen LogP contribution is 2.43. The average Bonchev–Trinajstić information content (AvgIpc) is 3.37. The molecular weight excluding hydrogens is 403 g/mol. The van der Waals surface area contributed by atoms with Crippen LogP contribution >= 0.6 is 11.8 Å². The average molecular weight is 429 g/mol. The third kappa shape index (κ3) is 4.13. The van der Waals surface area contributed by atoms with E-state index in [4.69, 9.17) is 19.9 Å². The number of methoxy groups -OCH3 is 1. The van der Waals surface area contributed by atoms with Crippen LogP contribution in [-0.4, -0.2) is 31.7 Å². The fourth-order valence-corrected chi connectivity index (χ4v) is 5.02. The summed E-state index contributed by atoms with van der Waals surface area (Å²) in [5, 5.41) is 3.44. The fourth-order valence-electron chi connectivity index (χ4n) is 3.70. The second-order valence-electron chi connectivity index (χ2n) is 7.18. The van der Waals surface area contributed by atoms with Crippen LogP contribution in [0.2, 0.25) is 0 Å². The summed E-state index contributed by atoms with van der Waals surface area (Å²) in [4.78, 5) is 0.809. The molecule has 0 radical (unpaired) electrons. The lowest BCUT2D eigenvalue weighted by atomic mass is 10.0. The van der Waals surface area contributed by atoms with Gasteiger partial charge in [0.1, 0.15) is 5.76 Å². The molecule has 5 nitrogen and oxygen atoms in total. The standard InChI is InChI=1S/C23H25FN2O3S/c1-3-5-17(26-12-14-8-9-18-20(10-14)29-13-28-18)23-16(25)11-21(30-23)15-6-4-7-19(27-2)22(15)24/h3-7,10-11,16,23,26H,1,8-9,12-13,25H2,2H3/b17-5+. The van der Waals surface area contributed by atoms with Gasteiger partial charge < -0.3 is 25.3 Å². The Bertz CT molecular complexity index is 967. The van der Waals surface area contributed by atoms with Crippen LogP contribution in [0.5, 0.6) is 5.75 Å². The van der Waals surface area contributed by atoms with E-state index in [9.17, 15) is 4.39 Å². The van der Waals surface area contributed by atoms with E-state index in [-0.39, 0.29) is 22.9 Å². The molecule has 0 saturated carbocycles. The van der Waals surface area contributed by atoms with Gasteiger partial charge in [0.2, 0.25) is 6.79 Å². The maximum atomic E-state index is 14.7. The monoisotopic (exact) mass is 428 g/mol. The molecule has 3 aliphatic rings. The largest absolute Gasteiger partial charge is 0.494 e. The van der Waals surface area contributed by atoms with E-state index < -0.39 is 0 Å². The molecule has 4 rings (SSSR count). The maximum Gasteiger partial charge on any atom is 0.230 e. The van der Waals surface area contributed by atoms with E-state index in [1.165, 1.54) is 12.7 Å². The Kier molecular flexibility index (Phi) is 6.20. The minimum atomic E-state index is -0.371. The molecule has 0 bridgehead atoms. The van der Waals surface area contributed by atoms with Crippen molar-refractivity contribution < 1.29 is 18.6 Å². The molecule has 0 amide bonds. The van der Waals surface area contributed by atoms with Crippen molar-refractivity contribution in [2.45, 2.75) is 24.1 Å². The molecule has 0 spiro atoms. The molecule has 30 heavy (non-hydrogen) atoms. The van der Waals surface area contributed by atoms with Gasteiger partial charge in [-0.3, -0.25) is 0 Å². The molecule has 158 valence electrons. The third-order valence-electron chi connectivity index (χ3n) is 5.25. The van der Waals surface area contributed by atoms with Crippen molar-refractivity contribution in [3.05, 3.63) is 83.3 Å². The zero-order valence-corrected chi connectivity index (χ0v) is 17.6. The Morgan fingerprint density at radius 2 is 2.27 bits per heavy atom. The molecule has 2 aliphatic heterocycles. The summed E-state index contributed by atoms with van der Waals surface area (Å²) in [7, 11) is 1.46. The van der Waals surface area contributed by atoms with Crippen LogP contribution in [-0.2, 0) is 9.47 Å². The van der Waals surface area contributed by atoms with Gasteiger partial charge in [-0.1, -0.05) is 30.9 Å². The molecule has 0 fully saturated rings. The summed E-state index contributed by atoms with van der Waals surface area (Å²) < 4.78 is 30.8.